The second-order valence-corrected chi connectivity index (χ2v) is 5.20. The van der Waals surface area contributed by atoms with E-state index in [1.807, 2.05) is 18.2 Å². The van der Waals surface area contributed by atoms with Gasteiger partial charge in [-0.2, -0.15) is 0 Å². The fraction of sp³-hybridized carbons (Fsp3) is 0.500. The summed E-state index contributed by atoms with van der Waals surface area (Å²) in [5.74, 6) is 1.35. The van der Waals surface area contributed by atoms with E-state index in [0.29, 0.717) is 29.5 Å². The van der Waals surface area contributed by atoms with Gasteiger partial charge >= 0.3 is 0 Å². The maximum atomic E-state index is 11.7. The normalized spacial score (nSPS) is 14.8. The van der Waals surface area contributed by atoms with Crippen LogP contribution in [-0.4, -0.2) is 32.7 Å². The van der Waals surface area contributed by atoms with Gasteiger partial charge in [0.15, 0.2) is 0 Å². The zero-order valence-corrected chi connectivity index (χ0v) is 11.8. The second-order valence-electron chi connectivity index (χ2n) is 4.80. The highest BCUT2D eigenvalue weighted by Crippen LogP contribution is 2.25. The van der Waals surface area contributed by atoms with E-state index in [2.05, 4.69) is 10.6 Å². The van der Waals surface area contributed by atoms with Gasteiger partial charge in [0, 0.05) is 32.0 Å². The number of halogens is 1. The van der Waals surface area contributed by atoms with Gasteiger partial charge in [-0.05, 0) is 24.1 Å². The van der Waals surface area contributed by atoms with Crippen LogP contribution in [0.1, 0.15) is 12.0 Å². The highest BCUT2D eigenvalue weighted by atomic mass is 35.5. The quantitative estimate of drug-likeness (QED) is 0.834. The Morgan fingerprint density at radius 1 is 1.53 bits per heavy atom. The molecule has 19 heavy (non-hydrogen) atoms. The summed E-state index contributed by atoms with van der Waals surface area (Å²) in [6.07, 6.45) is 1.18. The van der Waals surface area contributed by atoms with Gasteiger partial charge in [-0.1, -0.05) is 17.7 Å². The topological polar surface area (TPSA) is 50.4 Å². The predicted octanol–water partition coefficient (Wildman–Crippen LogP) is 1.62. The summed E-state index contributed by atoms with van der Waals surface area (Å²) in [5, 5.41) is 6.72. The lowest BCUT2D eigenvalue weighted by atomic mass is 10.0. The van der Waals surface area contributed by atoms with Crippen LogP contribution in [0.15, 0.2) is 18.2 Å². The molecule has 1 amide bonds. The van der Waals surface area contributed by atoms with Gasteiger partial charge in [-0.15, -0.1) is 0 Å². The zero-order chi connectivity index (χ0) is 13.7. The molecule has 1 fully saturated rings. The molecule has 1 aliphatic rings. The Kier molecular flexibility index (Phi) is 5.05. The molecule has 1 aromatic carbocycles. The lowest BCUT2D eigenvalue weighted by Gasteiger charge is -2.27. The first-order chi connectivity index (χ1) is 9.19. The summed E-state index contributed by atoms with van der Waals surface area (Å²) in [5.41, 5.74) is 1.05. The second kappa shape index (κ2) is 6.78. The van der Waals surface area contributed by atoms with Crippen molar-refractivity contribution in [1.82, 2.24) is 10.6 Å². The minimum absolute atomic E-state index is 0.0961. The molecule has 0 saturated carbocycles. The third-order valence-electron chi connectivity index (χ3n) is 3.31. The lowest BCUT2D eigenvalue weighted by Crippen LogP contribution is -2.48. The van der Waals surface area contributed by atoms with Crippen molar-refractivity contribution >= 4 is 17.5 Å². The standard InChI is InChI=1S/C14H19ClN2O2/c1-19-13-4-2-10(6-12(13)15)3-5-14(18)17-9-11-7-16-8-11/h2,4,6,11,16H,3,5,7-9H2,1H3,(H,17,18). The van der Waals surface area contributed by atoms with Crippen molar-refractivity contribution in [3.05, 3.63) is 28.8 Å². The first kappa shape index (κ1) is 14.2. The number of hydrogen-bond acceptors (Lipinski definition) is 3. The van der Waals surface area contributed by atoms with Crippen LogP contribution in [0.2, 0.25) is 5.02 Å². The number of nitrogens with one attached hydrogen (secondary N) is 2. The highest BCUT2D eigenvalue weighted by Gasteiger charge is 2.16. The van der Waals surface area contributed by atoms with Gasteiger partial charge in [0.1, 0.15) is 5.75 Å². The molecule has 2 rings (SSSR count). The number of amides is 1. The number of rotatable bonds is 6. The van der Waals surface area contributed by atoms with Crippen molar-refractivity contribution < 1.29 is 9.53 Å². The highest BCUT2D eigenvalue weighted by molar-refractivity contribution is 6.32. The van der Waals surface area contributed by atoms with E-state index in [4.69, 9.17) is 16.3 Å². The van der Waals surface area contributed by atoms with Crippen LogP contribution >= 0.6 is 11.6 Å². The number of carbonyl (C=O) groups is 1. The van der Waals surface area contributed by atoms with Gasteiger partial charge in [0.05, 0.1) is 12.1 Å². The number of ether oxygens (including phenoxy) is 1. The van der Waals surface area contributed by atoms with Crippen molar-refractivity contribution in [3.63, 3.8) is 0 Å². The van der Waals surface area contributed by atoms with Crippen LogP contribution in [0.4, 0.5) is 0 Å². The van der Waals surface area contributed by atoms with Crippen molar-refractivity contribution in [2.75, 3.05) is 26.7 Å². The minimum atomic E-state index is 0.0961. The summed E-state index contributed by atoms with van der Waals surface area (Å²) in [4.78, 5) is 11.7. The predicted molar refractivity (Wildman–Crippen MR) is 75.7 cm³/mol. The maximum absolute atomic E-state index is 11.7. The van der Waals surface area contributed by atoms with Crippen LogP contribution < -0.4 is 15.4 Å². The van der Waals surface area contributed by atoms with Gasteiger partial charge in [-0.25, -0.2) is 0 Å². The largest absolute Gasteiger partial charge is 0.495 e. The molecule has 1 aliphatic heterocycles. The third-order valence-corrected chi connectivity index (χ3v) is 3.61. The van der Waals surface area contributed by atoms with Crippen LogP contribution in [0.25, 0.3) is 0 Å². The lowest BCUT2D eigenvalue weighted by molar-refractivity contribution is -0.121. The summed E-state index contributed by atoms with van der Waals surface area (Å²) in [6.45, 7) is 2.79. The van der Waals surface area contributed by atoms with Gasteiger partial charge in [0.25, 0.3) is 0 Å². The van der Waals surface area contributed by atoms with E-state index in [9.17, 15) is 4.79 Å². The van der Waals surface area contributed by atoms with E-state index in [0.717, 1.165) is 25.2 Å². The monoisotopic (exact) mass is 282 g/mol. The molecule has 5 heteroatoms. The summed E-state index contributed by atoms with van der Waals surface area (Å²) in [7, 11) is 1.59. The molecule has 2 N–H and O–H groups in total. The molecule has 1 heterocycles. The molecule has 0 radical (unpaired) electrons. The van der Waals surface area contributed by atoms with Crippen molar-refractivity contribution in [3.8, 4) is 5.75 Å². The fourth-order valence-electron chi connectivity index (χ4n) is 1.96. The number of benzene rings is 1. The summed E-state index contributed by atoms with van der Waals surface area (Å²) >= 11 is 6.04. The van der Waals surface area contributed by atoms with E-state index in [-0.39, 0.29) is 5.91 Å². The van der Waals surface area contributed by atoms with Crippen LogP contribution in [0.3, 0.4) is 0 Å². The van der Waals surface area contributed by atoms with E-state index < -0.39 is 0 Å². The van der Waals surface area contributed by atoms with Crippen molar-refractivity contribution in [2.45, 2.75) is 12.8 Å². The third kappa shape index (κ3) is 4.11. The first-order valence-corrected chi connectivity index (χ1v) is 6.86. The Balaban J connectivity index is 1.74. The molecule has 0 aromatic heterocycles. The molecule has 104 valence electrons. The Morgan fingerprint density at radius 2 is 2.32 bits per heavy atom. The maximum Gasteiger partial charge on any atom is 0.220 e. The van der Waals surface area contributed by atoms with Gasteiger partial charge < -0.3 is 15.4 Å². The molecule has 1 aromatic rings. The van der Waals surface area contributed by atoms with E-state index >= 15 is 0 Å². The fourth-order valence-corrected chi connectivity index (χ4v) is 2.24. The van der Waals surface area contributed by atoms with Crippen LogP contribution in [0, 0.1) is 5.92 Å². The molecule has 0 aliphatic carbocycles. The molecular formula is C14H19ClN2O2. The number of aryl methyl sites for hydroxylation is 1. The smallest absolute Gasteiger partial charge is 0.220 e. The summed E-state index contributed by atoms with van der Waals surface area (Å²) in [6, 6.07) is 5.62. The minimum Gasteiger partial charge on any atom is -0.495 e. The SMILES string of the molecule is COc1ccc(CCC(=O)NCC2CNC2)cc1Cl. The van der Waals surface area contributed by atoms with E-state index in [1.54, 1.807) is 7.11 Å². The molecular weight excluding hydrogens is 264 g/mol. The van der Waals surface area contributed by atoms with Gasteiger partial charge in [-0.3, -0.25) is 4.79 Å². The average molecular weight is 283 g/mol. The Morgan fingerprint density at radius 3 is 2.89 bits per heavy atom. The zero-order valence-electron chi connectivity index (χ0n) is 11.0. The Bertz CT molecular complexity index is 447. The molecule has 0 spiro atoms. The van der Waals surface area contributed by atoms with E-state index in [1.165, 1.54) is 0 Å². The Labute approximate surface area is 118 Å². The molecule has 0 unspecified atom stereocenters. The number of methoxy groups -OCH3 is 1. The van der Waals surface area contributed by atoms with Crippen LogP contribution in [-0.2, 0) is 11.2 Å². The Hall–Kier alpha value is -1.26. The number of hydrogen-bond donors (Lipinski definition) is 2. The molecule has 4 nitrogen and oxygen atoms in total. The van der Waals surface area contributed by atoms with Gasteiger partial charge in [0.2, 0.25) is 5.91 Å². The first-order valence-electron chi connectivity index (χ1n) is 6.49. The molecule has 1 saturated heterocycles. The molecule has 0 atom stereocenters. The van der Waals surface area contributed by atoms with Crippen LogP contribution in [0.5, 0.6) is 5.75 Å². The number of carbonyl (C=O) groups excluding carboxylic acids is 1. The van der Waals surface area contributed by atoms with Crippen molar-refractivity contribution in [2.24, 2.45) is 5.92 Å². The van der Waals surface area contributed by atoms with Crippen molar-refractivity contribution in [1.29, 1.82) is 0 Å². The molecule has 0 bridgehead atoms. The summed E-state index contributed by atoms with van der Waals surface area (Å²) < 4.78 is 5.09. The average Bonchev–Trinajstić information content (AvgIpc) is 2.34.